The second kappa shape index (κ2) is 3.60. The van der Waals surface area contributed by atoms with E-state index in [-0.39, 0.29) is 5.41 Å². The van der Waals surface area contributed by atoms with Gasteiger partial charge in [0.25, 0.3) is 0 Å². The van der Waals surface area contributed by atoms with Gasteiger partial charge in [-0.15, -0.1) is 0 Å². The Morgan fingerprint density at radius 1 is 1.00 bits per heavy atom. The van der Waals surface area contributed by atoms with Crippen molar-refractivity contribution in [2.24, 2.45) is 16.7 Å². The maximum atomic E-state index is 5.80. The van der Waals surface area contributed by atoms with Crippen molar-refractivity contribution < 1.29 is 4.74 Å². The zero-order valence-corrected chi connectivity index (χ0v) is 10.4. The molecule has 0 spiro atoms. The Morgan fingerprint density at radius 2 is 1.57 bits per heavy atom. The Kier molecular flexibility index (Phi) is 2.99. The molecular weight excluding hydrogens is 172 g/mol. The van der Waals surface area contributed by atoms with Gasteiger partial charge in [0.2, 0.25) is 0 Å². The molecule has 1 heterocycles. The molecule has 0 aliphatic carbocycles. The van der Waals surface area contributed by atoms with E-state index in [2.05, 4.69) is 47.6 Å². The molecule has 0 aromatic rings. The van der Waals surface area contributed by atoms with Gasteiger partial charge < -0.3 is 4.74 Å². The monoisotopic (exact) mass is 196 g/mol. The standard InChI is InChI=1S/C13H24O/c1-12(2,3)10-8-7-9-14-11(10)13(4,5)6/h7,9-11H,8H2,1-6H3. The van der Waals surface area contributed by atoms with Crippen molar-refractivity contribution in [1.29, 1.82) is 0 Å². The molecule has 1 nitrogen and oxygen atoms in total. The van der Waals surface area contributed by atoms with Crippen LogP contribution >= 0.6 is 0 Å². The number of hydrogen-bond acceptors (Lipinski definition) is 1. The zero-order valence-electron chi connectivity index (χ0n) is 10.4. The molecule has 1 heteroatoms. The van der Waals surface area contributed by atoms with Crippen molar-refractivity contribution in [3.05, 3.63) is 12.3 Å². The third-order valence-corrected chi connectivity index (χ3v) is 3.04. The minimum Gasteiger partial charge on any atom is -0.498 e. The summed E-state index contributed by atoms with van der Waals surface area (Å²) < 4.78 is 5.80. The van der Waals surface area contributed by atoms with Gasteiger partial charge in [0.1, 0.15) is 6.10 Å². The fourth-order valence-corrected chi connectivity index (χ4v) is 2.18. The molecule has 1 aliphatic heterocycles. The largest absolute Gasteiger partial charge is 0.498 e. The molecule has 14 heavy (non-hydrogen) atoms. The SMILES string of the molecule is CC(C)(C)C1CC=COC1C(C)(C)C. The van der Waals surface area contributed by atoms with Gasteiger partial charge in [-0.05, 0) is 23.3 Å². The van der Waals surface area contributed by atoms with Crippen LogP contribution in [0, 0.1) is 16.7 Å². The van der Waals surface area contributed by atoms with E-state index in [0.29, 0.717) is 17.4 Å². The molecule has 1 aliphatic rings. The fourth-order valence-electron chi connectivity index (χ4n) is 2.18. The molecule has 0 saturated heterocycles. The summed E-state index contributed by atoms with van der Waals surface area (Å²) in [5.41, 5.74) is 0.547. The van der Waals surface area contributed by atoms with Crippen LogP contribution < -0.4 is 0 Å². The lowest BCUT2D eigenvalue weighted by molar-refractivity contribution is -0.0498. The Balaban J connectivity index is 2.87. The molecule has 0 fully saturated rings. The first-order chi connectivity index (χ1) is 6.23. The van der Waals surface area contributed by atoms with Crippen LogP contribution in [0.2, 0.25) is 0 Å². The molecule has 1 rings (SSSR count). The molecule has 0 bridgehead atoms. The Labute approximate surface area is 88.5 Å². The summed E-state index contributed by atoms with van der Waals surface area (Å²) in [7, 11) is 0. The highest BCUT2D eigenvalue weighted by atomic mass is 16.5. The van der Waals surface area contributed by atoms with Crippen LogP contribution in [-0.4, -0.2) is 6.10 Å². The Hall–Kier alpha value is -0.460. The highest BCUT2D eigenvalue weighted by Gasteiger charge is 2.40. The summed E-state index contributed by atoms with van der Waals surface area (Å²) in [6.45, 7) is 13.7. The molecule has 0 amide bonds. The second-order valence-corrected chi connectivity index (χ2v) is 6.50. The first-order valence-corrected chi connectivity index (χ1v) is 5.53. The molecule has 0 radical (unpaired) electrons. The zero-order chi connectivity index (χ0) is 11.0. The maximum Gasteiger partial charge on any atom is 0.106 e. The molecule has 0 aromatic heterocycles. The van der Waals surface area contributed by atoms with Gasteiger partial charge in [0, 0.05) is 5.92 Å². The van der Waals surface area contributed by atoms with Crippen molar-refractivity contribution >= 4 is 0 Å². The van der Waals surface area contributed by atoms with Gasteiger partial charge >= 0.3 is 0 Å². The Morgan fingerprint density at radius 3 is 1.93 bits per heavy atom. The van der Waals surface area contributed by atoms with E-state index in [1.807, 2.05) is 6.26 Å². The third-order valence-electron chi connectivity index (χ3n) is 3.04. The van der Waals surface area contributed by atoms with Gasteiger partial charge in [-0.3, -0.25) is 0 Å². The van der Waals surface area contributed by atoms with Gasteiger partial charge in [-0.25, -0.2) is 0 Å². The van der Waals surface area contributed by atoms with E-state index >= 15 is 0 Å². The topological polar surface area (TPSA) is 9.23 Å². The average Bonchev–Trinajstić information content (AvgIpc) is 2.01. The molecule has 2 atom stereocenters. The smallest absolute Gasteiger partial charge is 0.106 e. The highest BCUT2D eigenvalue weighted by Crippen LogP contribution is 2.42. The normalized spacial score (nSPS) is 28.7. The Bertz CT molecular complexity index is 190. The minimum absolute atomic E-state index is 0.225. The van der Waals surface area contributed by atoms with Crippen LogP contribution in [0.1, 0.15) is 48.0 Å². The number of ether oxygens (including phenoxy) is 1. The molecule has 0 N–H and O–H groups in total. The minimum atomic E-state index is 0.225. The van der Waals surface area contributed by atoms with Crippen LogP contribution in [0.15, 0.2) is 12.3 Å². The maximum absolute atomic E-state index is 5.80. The molecule has 82 valence electrons. The lowest BCUT2D eigenvalue weighted by Crippen LogP contribution is -2.42. The summed E-state index contributed by atoms with van der Waals surface area (Å²) >= 11 is 0. The van der Waals surface area contributed by atoms with E-state index in [0.717, 1.165) is 6.42 Å². The van der Waals surface area contributed by atoms with Gasteiger partial charge in [0.15, 0.2) is 0 Å². The molecule has 0 aromatic carbocycles. The third kappa shape index (κ3) is 2.52. The van der Waals surface area contributed by atoms with Crippen LogP contribution in [0.3, 0.4) is 0 Å². The average molecular weight is 196 g/mol. The lowest BCUT2D eigenvalue weighted by Gasteiger charge is -2.44. The van der Waals surface area contributed by atoms with E-state index in [4.69, 9.17) is 4.74 Å². The van der Waals surface area contributed by atoms with Gasteiger partial charge in [0.05, 0.1) is 6.26 Å². The van der Waals surface area contributed by atoms with Crippen LogP contribution in [0.5, 0.6) is 0 Å². The summed E-state index contributed by atoms with van der Waals surface area (Å²) in [4.78, 5) is 0. The summed E-state index contributed by atoms with van der Waals surface area (Å²) in [6.07, 6.45) is 5.51. The predicted octanol–water partition coefficient (Wildman–Crippen LogP) is 4.00. The predicted molar refractivity (Wildman–Crippen MR) is 61.0 cm³/mol. The van der Waals surface area contributed by atoms with E-state index in [9.17, 15) is 0 Å². The van der Waals surface area contributed by atoms with Gasteiger partial charge in [-0.2, -0.15) is 0 Å². The van der Waals surface area contributed by atoms with Crippen molar-refractivity contribution in [2.75, 3.05) is 0 Å². The lowest BCUT2D eigenvalue weighted by atomic mass is 9.68. The fraction of sp³-hybridized carbons (Fsp3) is 0.846. The van der Waals surface area contributed by atoms with E-state index in [1.165, 1.54) is 0 Å². The first-order valence-electron chi connectivity index (χ1n) is 5.53. The number of hydrogen-bond donors (Lipinski definition) is 0. The number of rotatable bonds is 0. The van der Waals surface area contributed by atoms with Crippen molar-refractivity contribution in [3.63, 3.8) is 0 Å². The second-order valence-electron chi connectivity index (χ2n) is 6.50. The quantitative estimate of drug-likeness (QED) is 0.569. The van der Waals surface area contributed by atoms with Gasteiger partial charge in [-0.1, -0.05) is 41.5 Å². The number of allylic oxidation sites excluding steroid dienone is 1. The summed E-state index contributed by atoms with van der Waals surface area (Å²) in [5.74, 6) is 0.618. The van der Waals surface area contributed by atoms with Crippen molar-refractivity contribution in [1.82, 2.24) is 0 Å². The van der Waals surface area contributed by atoms with Crippen LogP contribution in [-0.2, 0) is 4.74 Å². The molecule has 0 saturated carbocycles. The van der Waals surface area contributed by atoms with Crippen molar-refractivity contribution in [3.8, 4) is 0 Å². The van der Waals surface area contributed by atoms with Crippen molar-refractivity contribution in [2.45, 2.75) is 54.1 Å². The van der Waals surface area contributed by atoms with E-state index < -0.39 is 0 Å². The van der Waals surface area contributed by atoms with Crippen LogP contribution in [0.4, 0.5) is 0 Å². The summed E-state index contributed by atoms with van der Waals surface area (Å²) in [6, 6.07) is 0. The first kappa shape index (κ1) is 11.6. The van der Waals surface area contributed by atoms with E-state index in [1.54, 1.807) is 0 Å². The summed E-state index contributed by atoms with van der Waals surface area (Å²) in [5, 5.41) is 0. The van der Waals surface area contributed by atoms with Crippen LogP contribution in [0.25, 0.3) is 0 Å². The highest BCUT2D eigenvalue weighted by molar-refractivity contribution is 4.97. The molecule has 2 unspecified atom stereocenters. The molecular formula is C13H24O.